The molecule has 7 heteroatoms. The molecule has 0 saturated heterocycles. The summed E-state index contributed by atoms with van der Waals surface area (Å²) in [6.07, 6.45) is -2.96. The minimum atomic E-state index is -4.70. The molecule has 0 amide bonds. The van der Waals surface area contributed by atoms with E-state index in [2.05, 4.69) is 0 Å². The summed E-state index contributed by atoms with van der Waals surface area (Å²) in [5.74, 6) is -1.01. The molecule has 21 heavy (non-hydrogen) atoms. The number of halogens is 3. The maximum Gasteiger partial charge on any atom is 0.418 e. The van der Waals surface area contributed by atoms with Crippen LogP contribution in [0, 0.1) is 0 Å². The summed E-state index contributed by atoms with van der Waals surface area (Å²) in [4.78, 5) is 10.8. The number of rotatable bonds is 5. The van der Waals surface area contributed by atoms with Crippen LogP contribution < -0.4 is 4.74 Å². The van der Waals surface area contributed by atoms with Gasteiger partial charge in [-0.15, -0.1) is 0 Å². The zero-order valence-corrected chi connectivity index (χ0v) is 10.8. The van der Waals surface area contributed by atoms with Gasteiger partial charge in [-0.05, 0) is 12.1 Å². The third kappa shape index (κ3) is 3.77. The number of alkyl halides is 3. The highest BCUT2D eigenvalue weighted by atomic mass is 19.4. The Balaban J connectivity index is 2.06. The van der Waals surface area contributed by atoms with Crippen molar-refractivity contribution in [3.05, 3.63) is 53.9 Å². The summed E-state index contributed by atoms with van der Waals surface area (Å²) in [5.41, 5.74) is -1.92. The quantitative estimate of drug-likeness (QED) is 0.921. The van der Waals surface area contributed by atoms with E-state index in [0.717, 1.165) is 17.0 Å². The fourth-order valence-corrected chi connectivity index (χ4v) is 1.82. The molecule has 0 saturated carbocycles. The number of carboxylic acid groups (broad SMARTS) is 1. The molecule has 0 aliphatic rings. The van der Waals surface area contributed by atoms with E-state index in [9.17, 15) is 18.0 Å². The predicted octanol–water partition coefficient (Wildman–Crippen LogP) is 3.28. The van der Waals surface area contributed by atoms with Crippen molar-refractivity contribution < 1.29 is 27.8 Å². The molecule has 0 unspecified atom stereocenters. The zero-order valence-electron chi connectivity index (χ0n) is 10.8. The van der Waals surface area contributed by atoms with Gasteiger partial charge in [-0.2, -0.15) is 13.2 Å². The van der Waals surface area contributed by atoms with E-state index >= 15 is 0 Å². The third-order valence-electron chi connectivity index (χ3n) is 2.78. The second-order valence-electron chi connectivity index (χ2n) is 4.29. The van der Waals surface area contributed by atoms with Crippen molar-refractivity contribution >= 4 is 5.97 Å². The van der Waals surface area contributed by atoms with E-state index in [-0.39, 0.29) is 13.2 Å². The minimum Gasteiger partial charge on any atom is -0.492 e. The van der Waals surface area contributed by atoms with E-state index in [4.69, 9.17) is 9.84 Å². The second kappa shape index (κ2) is 5.90. The van der Waals surface area contributed by atoms with Crippen LogP contribution in [0.15, 0.2) is 42.7 Å². The lowest BCUT2D eigenvalue weighted by Gasteiger charge is -2.07. The molecular weight excluding hydrogens is 287 g/mol. The van der Waals surface area contributed by atoms with E-state index in [1.165, 1.54) is 0 Å². The molecule has 4 nitrogen and oxygen atoms in total. The van der Waals surface area contributed by atoms with Crippen LogP contribution in [0.4, 0.5) is 13.2 Å². The monoisotopic (exact) mass is 299 g/mol. The summed E-state index contributed by atoms with van der Waals surface area (Å²) < 4.78 is 44.6. The van der Waals surface area contributed by atoms with Crippen molar-refractivity contribution in [1.29, 1.82) is 0 Å². The Morgan fingerprint density at radius 1 is 1.19 bits per heavy atom. The molecular formula is C14H12F3NO3. The first-order chi connectivity index (χ1) is 9.88. The van der Waals surface area contributed by atoms with E-state index in [1.54, 1.807) is 24.3 Å². The number of carbonyl (C=O) groups is 1. The number of hydrogen-bond donors (Lipinski definition) is 1. The van der Waals surface area contributed by atoms with Gasteiger partial charge >= 0.3 is 12.1 Å². The third-order valence-corrected chi connectivity index (χ3v) is 2.78. The van der Waals surface area contributed by atoms with Crippen LogP contribution in [-0.4, -0.2) is 22.2 Å². The van der Waals surface area contributed by atoms with Gasteiger partial charge in [0.25, 0.3) is 0 Å². The van der Waals surface area contributed by atoms with Gasteiger partial charge in [-0.3, -0.25) is 0 Å². The fraction of sp³-hybridized carbons (Fsp3) is 0.214. The SMILES string of the molecule is O=C(O)c1cn(CCOc2ccccc2)cc1C(F)(F)F. The maximum absolute atomic E-state index is 12.7. The number of benzene rings is 1. The molecule has 1 aromatic heterocycles. The van der Waals surface area contributed by atoms with Gasteiger partial charge in [0.2, 0.25) is 0 Å². The Kier molecular flexibility index (Phi) is 4.21. The van der Waals surface area contributed by atoms with Crippen LogP contribution in [0.2, 0.25) is 0 Å². The normalized spacial score (nSPS) is 11.4. The lowest BCUT2D eigenvalue weighted by molar-refractivity contribution is -0.138. The topological polar surface area (TPSA) is 51.5 Å². The number of ether oxygens (including phenoxy) is 1. The average molecular weight is 299 g/mol. The summed E-state index contributed by atoms with van der Waals surface area (Å²) in [6, 6.07) is 8.80. The molecule has 2 rings (SSSR count). The molecule has 0 spiro atoms. The lowest BCUT2D eigenvalue weighted by Crippen LogP contribution is -2.10. The number of para-hydroxylation sites is 1. The van der Waals surface area contributed by atoms with Crippen LogP contribution in [0.1, 0.15) is 15.9 Å². The van der Waals surface area contributed by atoms with Gasteiger partial charge in [0.05, 0.1) is 17.7 Å². The van der Waals surface area contributed by atoms with Crippen LogP contribution in [0.25, 0.3) is 0 Å². The van der Waals surface area contributed by atoms with Crippen molar-refractivity contribution in [3.63, 3.8) is 0 Å². The molecule has 1 N–H and O–H groups in total. The highest BCUT2D eigenvalue weighted by Crippen LogP contribution is 2.32. The van der Waals surface area contributed by atoms with Crippen molar-refractivity contribution in [2.75, 3.05) is 6.61 Å². The van der Waals surface area contributed by atoms with Gasteiger partial charge < -0.3 is 14.4 Å². The summed E-state index contributed by atoms with van der Waals surface area (Å²) in [7, 11) is 0. The van der Waals surface area contributed by atoms with Crippen molar-refractivity contribution in [1.82, 2.24) is 4.57 Å². The Bertz CT molecular complexity index is 620. The first kappa shape index (κ1) is 15.0. The largest absolute Gasteiger partial charge is 0.492 e. The lowest BCUT2D eigenvalue weighted by atomic mass is 10.2. The maximum atomic E-state index is 12.7. The molecule has 0 aliphatic heterocycles. The number of hydrogen-bond acceptors (Lipinski definition) is 2. The molecule has 0 aliphatic carbocycles. The minimum absolute atomic E-state index is 0.116. The molecule has 0 fully saturated rings. The molecule has 0 atom stereocenters. The highest BCUT2D eigenvalue weighted by molar-refractivity contribution is 5.89. The van der Waals surface area contributed by atoms with Gasteiger partial charge in [-0.1, -0.05) is 18.2 Å². The van der Waals surface area contributed by atoms with Gasteiger partial charge in [0, 0.05) is 12.4 Å². The average Bonchev–Trinajstić information content (AvgIpc) is 2.84. The van der Waals surface area contributed by atoms with Gasteiger partial charge in [0.1, 0.15) is 12.4 Å². The van der Waals surface area contributed by atoms with E-state index < -0.39 is 23.3 Å². The van der Waals surface area contributed by atoms with Gasteiger partial charge in [0.15, 0.2) is 0 Å². The molecule has 2 aromatic rings. The first-order valence-electron chi connectivity index (χ1n) is 6.06. The molecule has 0 radical (unpaired) electrons. The van der Waals surface area contributed by atoms with Gasteiger partial charge in [-0.25, -0.2) is 4.79 Å². The summed E-state index contributed by atoms with van der Waals surface area (Å²) in [6.45, 7) is 0.250. The Labute approximate surface area is 118 Å². The van der Waals surface area contributed by atoms with Crippen LogP contribution >= 0.6 is 0 Å². The molecule has 0 bridgehead atoms. The highest BCUT2D eigenvalue weighted by Gasteiger charge is 2.36. The number of aromatic carboxylic acids is 1. The summed E-state index contributed by atoms with van der Waals surface area (Å²) in [5, 5.41) is 8.80. The van der Waals surface area contributed by atoms with Crippen LogP contribution in [0.3, 0.4) is 0 Å². The first-order valence-corrected chi connectivity index (χ1v) is 6.06. The van der Waals surface area contributed by atoms with Crippen LogP contribution in [-0.2, 0) is 12.7 Å². The standard InChI is InChI=1S/C14H12F3NO3/c15-14(16,17)12-9-18(8-11(12)13(19)20)6-7-21-10-4-2-1-3-5-10/h1-5,8-9H,6-7H2,(H,19,20). The molecule has 1 aromatic carbocycles. The van der Waals surface area contributed by atoms with Crippen molar-refractivity contribution in [2.24, 2.45) is 0 Å². The number of aromatic nitrogens is 1. The van der Waals surface area contributed by atoms with Crippen LogP contribution in [0.5, 0.6) is 5.75 Å². The second-order valence-corrected chi connectivity index (χ2v) is 4.29. The Hall–Kier alpha value is -2.44. The van der Waals surface area contributed by atoms with E-state index in [1.807, 2.05) is 6.07 Å². The molecule has 112 valence electrons. The zero-order chi connectivity index (χ0) is 15.5. The Morgan fingerprint density at radius 2 is 1.86 bits per heavy atom. The summed E-state index contributed by atoms with van der Waals surface area (Å²) >= 11 is 0. The fourth-order valence-electron chi connectivity index (χ4n) is 1.82. The van der Waals surface area contributed by atoms with E-state index in [0.29, 0.717) is 5.75 Å². The molecule has 1 heterocycles. The number of nitrogens with zero attached hydrogens (tertiary/aromatic N) is 1. The smallest absolute Gasteiger partial charge is 0.418 e. The predicted molar refractivity (Wildman–Crippen MR) is 68.3 cm³/mol. The van der Waals surface area contributed by atoms with Crippen molar-refractivity contribution in [3.8, 4) is 5.75 Å². The number of carboxylic acids is 1. The Morgan fingerprint density at radius 3 is 2.38 bits per heavy atom. The van der Waals surface area contributed by atoms with Crippen molar-refractivity contribution in [2.45, 2.75) is 12.7 Å².